The third-order valence-electron chi connectivity index (χ3n) is 5.23. The zero-order valence-corrected chi connectivity index (χ0v) is 20.3. The lowest BCUT2D eigenvalue weighted by atomic mass is 9.95. The summed E-state index contributed by atoms with van der Waals surface area (Å²) in [5.74, 6) is -3.83. The molecule has 1 saturated heterocycles. The normalized spacial score (nSPS) is 22.3. The van der Waals surface area contributed by atoms with Crippen LogP contribution in [0.3, 0.4) is 0 Å². The SMILES string of the molecule is C/C(=C1\C(=O)OC[C@H](NC(=O)c2ns[nH]c2=O)C(=O)O[C@@H](C)[C@@H]1OC(=O)C(C)C)c1ccccc1. The molecular weight excluding hydrogens is 478 g/mol. The van der Waals surface area contributed by atoms with E-state index in [0.29, 0.717) is 22.9 Å². The third kappa shape index (κ3) is 6.01. The average Bonchev–Trinajstić information content (AvgIpc) is 3.27. The Hall–Kier alpha value is -3.80. The maximum atomic E-state index is 13.2. The molecule has 2 heterocycles. The molecule has 1 aromatic carbocycles. The second-order valence-corrected chi connectivity index (χ2v) is 8.72. The van der Waals surface area contributed by atoms with Crippen molar-refractivity contribution in [1.29, 1.82) is 0 Å². The van der Waals surface area contributed by atoms with Crippen molar-refractivity contribution in [3.63, 3.8) is 0 Å². The van der Waals surface area contributed by atoms with Gasteiger partial charge in [0.05, 0.1) is 11.5 Å². The lowest BCUT2D eigenvalue weighted by molar-refractivity contribution is -0.166. The highest BCUT2D eigenvalue weighted by Gasteiger charge is 2.39. The number of nitrogens with one attached hydrogen (secondary N) is 2. The van der Waals surface area contributed by atoms with Crippen LogP contribution in [0.15, 0.2) is 40.7 Å². The van der Waals surface area contributed by atoms with E-state index in [9.17, 15) is 24.0 Å². The monoisotopic (exact) mass is 503 g/mol. The molecule has 12 heteroatoms. The summed E-state index contributed by atoms with van der Waals surface area (Å²) >= 11 is 0.674. The van der Waals surface area contributed by atoms with E-state index >= 15 is 0 Å². The molecule has 1 amide bonds. The molecule has 1 aromatic heterocycles. The van der Waals surface area contributed by atoms with Crippen molar-refractivity contribution < 1.29 is 33.4 Å². The number of allylic oxidation sites excluding steroid dienone is 1. The number of amides is 1. The van der Waals surface area contributed by atoms with E-state index in [-0.39, 0.29) is 5.57 Å². The standard InChI is InChI=1S/C23H25N3O8S/c1-11(2)21(29)34-18-13(4)33-22(30)15(24-19(27)17-20(28)26-35-25-17)10-32-23(31)16(18)12(3)14-8-6-5-7-9-14/h5-9,11,13,15,18H,10H2,1-4H3,(H,24,27)(H,26,28)/b16-12+/t13-,15-,18-/m0/s1. The Balaban J connectivity index is 1.99. The number of hydrogen-bond acceptors (Lipinski definition) is 10. The Morgan fingerprint density at radius 1 is 1.20 bits per heavy atom. The van der Waals surface area contributed by atoms with E-state index in [1.807, 2.05) is 6.07 Å². The van der Waals surface area contributed by atoms with Crippen molar-refractivity contribution >= 4 is 41.1 Å². The fourth-order valence-corrected chi connectivity index (χ4v) is 3.76. The molecule has 35 heavy (non-hydrogen) atoms. The van der Waals surface area contributed by atoms with Crippen LogP contribution in [0.25, 0.3) is 5.57 Å². The number of aromatic amines is 1. The van der Waals surface area contributed by atoms with Gasteiger partial charge in [-0.2, -0.15) is 4.37 Å². The predicted molar refractivity (Wildman–Crippen MR) is 124 cm³/mol. The molecule has 186 valence electrons. The quantitative estimate of drug-likeness (QED) is 0.351. The number of nitrogens with zero attached hydrogens (tertiary/aromatic N) is 1. The van der Waals surface area contributed by atoms with E-state index in [4.69, 9.17) is 14.2 Å². The highest BCUT2D eigenvalue weighted by atomic mass is 32.1. The molecule has 0 bridgehead atoms. The summed E-state index contributed by atoms with van der Waals surface area (Å²) in [6.45, 7) is 5.82. The first-order valence-electron chi connectivity index (χ1n) is 10.8. The Kier molecular flexibility index (Phi) is 8.18. The molecule has 11 nitrogen and oxygen atoms in total. The number of aromatic nitrogens is 2. The molecule has 0 aliphatic carbocycles. The molecule has 0 spiro atoms. The number of rotatable bonds is 5. The number of carbonyl (C=O) groups excluding carboxylic acids is 4. The van der Waals surface area contributed by atoms with Crippen LogP contribution in [0.5, 0.6) is 0 Å². The lowest BCUT2D eigenvalue weighted by Crippen LogP contribution is -2.47. The van der Waals surface area contributed by atoms with E-state index in [1.54, 1.807) is 45.0 Å². The number of cyclic esters (lactones) is 2. The van der Waals surface area contributed by atoms with Crippen LogP contribution in [0.4, 0.5) is 0 Å². The molecule has 2 N–H and O–H groups in total. The van der Waals surface area contributed by atoms with E-state index in [2.05, 4.69) is 14.1 Å². The molecule has 2 aromatic rings. The van der Waals surface area contributed by atoms with Crippen LogP contribution in [0.1, 0.15) is 43.7 Å². The maximum Gasteiger partial charge on any atom is 0.338 e. The topological polar surface area (TPSA) is 154 Å². The van der Waals surface area contributed by atoms with Gasteiger partial charge in [0.15, 0.2) is 12.1 Å². The molecule has 3 rings (SSSR count). The number of ether oxygens (including phenoxy) is 3. The Morgan fingerprint density at radius 3 is 2.49 bits per heavy atom. The van der Waals surface area contributed by atoms with Crippen molar-refractivity contribution in [2.45, 2.75) is 45.9 Å². The number of carbonyl (C=O) groups is 4. The van der Waals surface area contributed by atoms with Gasteiger partial charge in [-0.15, -0.1) is 0 Å². The molecular formula is C23H25N3O8S. The maximum absolute atomic E-state index is 13.2. The van der Waals surface area contributed by atoms with Crippen molar-refractivity contribution in [2.75, 3.05) is 6.61 Å². The number of esters is 3. The summed E-state index contributed by atoms with van der Waals surface area (Å²) in [5, 5.41) is 2.31. The first-order chi connectivity index (χ1) is 16.6. The van der Waals surface area contributed by atoms with Gasteiger partial charge >= 0.3 is 17.9 Å². The van der Waals surface area contributed by atoms with Gasteiger partial charge in [-0.05, 0) is 25.0 Å². The second-order valence-electron chi connectivity index (χ2n) is 8.15. The molecule has 1 fully saturated rings. The van der Waals surface area contributed by atoms with Crippen LogP contribution in [-0.4, -0.2) is 57.4 Å². The number of benzene rings is 1. The van der Waals surface area contributed by atoms with Crippen LogP contribution in [0, 0.1) is 5.92 Å². The number of hydrogen-bond donors (Lipinski definition) is 2. The van der Waals surface area contributed by atoms with Gasteiger partial charge < -0.3 is 19.5 Å². The van der Waals surface area contributed by atoms with Gasteiger partial charge in [-0.25, -0.2) is 9.59 Å². The van der Waals surface area contributed by atoms with Gasteiger partial charge in [0, 0.05) is 11.7 Å². The van der Waals surface area contributed by atoms with Gasteiger partial charge in [-0.3, -0.25) is 18.8 Å². The molecule has 0 saturated carbocycles. The zero-order valence-electron chi connectivity index (χ0n) is 19.5. The largest absolute Gasteiger partial charge is 0.459 e. The summed E-state index contributed by atoms with van der Waals surface area (Å²) in [5.41, 5.74) is -0.00893. The van der Waals surface area contributed by atoms with Crippen LogP contribution >= 0.6 is 11.7 Å². The molecule has 0 radical (unpaired) electrons. The Bertz CT molecular complexity index is 1200. The first kappa shape index (κ1) is 25.8. The van der Waals surface area contributed by atoms with Gasteiger partial charge in [-0.1, -0.05) is 44.2 Å². The van der Waals surface area contributed by atoms with Crippen molar-refractivity contribution in [3.8, 4) is 0 Å². The zero-order chi connectivity index (χ0) is 25.7. The summed E-state index contributed by atoms with van der Waals surface area (Å²) < 4.78 is 22.4. The summed E-state index contributed by atoms with van der Waals surface area (Å²) in [7, 11) is 0. The molecule has 0 unspecified atom stereocenters. The predicted octanol–water partition coefficient (Wildman–Crippen LogP) is 1.46. The fraction of sp³-hybridized carbons (Fsp3) is 0.391. The third-order valence-corrected chi connectivity index (χ3v) is 5.79. The van der Waals surface area contributed by atoms with Gasteiger partial charge in [0.1, 0.15) is 12.7 Å². The minimum Gasteiger partial charge on any atom is -0.459 e. The summed E-state index contributed by atoms with van der Waals surface area (Å²) in [6.07, 6.45) is -2.37. The van der Waals surface area contributed by atoms with E-state index in [0.717, 1.165) is 0 Å². The first-order valence-corrected chi connectivity index (χ1v) is 11.6. The fourth-order valence-electron chi connectivity index (χ4n) is 3.28. The smallest absolute Gasteiger partial charge is 0.338 e. The minimum absolute atomic E-state index is 0.00780. The molecule has 1 aliphatic heterocycles. The minimum atomic E-state index is -1.42. The van der Waals surface area contributed by atoms with Gasteiger partial charge in [0.2, 0.25) is 5.69 Å². The van der Waals surface area contributed by atoms with Gasteiger partial charge in [0.25, 0.3) is 11.5 Å². The van der Waals surface area contributed by atoms with Crippen LogP contribution in [0.2, 0.25) is 0 Å². The lowest BCUT2D eigenvalue weighted by Gasteiger charge is -2.27. The van der Waals surface area contributed by atoms with E-state index in [1.165, 1.54) is 6.92 Å². The Labute approximate surface area is 204 Å². The summed E-state index contributed by atoms with van der Waals surface area (Å²) in [4.78, 5) is 62.7. The second kappa shape index (κ2) is 11.1. The van der Waals surface area contributed by atoms with Crippen molar-refractivity contribution in [1.82, 2.24) is 14.1 Å². The van der Waals surface area contributed by atoms with Crippen LogP contribution in [-0.2, 0) is 28.6 Å². The highest BCUT2D eigenvalue weighted by Crippen LogP contribution is 2.28. The summed E-state index contributed by atoms with van der Waals surface area (Å²) in [6, 6.07) is 7.50. The van der Waals surface area contributed by atoms with Crippen LogP contribution < -0.4 is 10.9 Å². The number of H-pyrrole nitrogens is 1. The molecule has 3 atom stereocenters. The Morgan fingerprint density at radius 2 is 1.89 bits per heavy atom. The van der Waals surface area contributed by atoms with Crippen molar-refractivity contribution in [2.24, 2.45) is 5.92 Å². The average molecular weight is 504 g/mol. The van der Waals surface area contributed by atoms with E-state index < -0.39 is 65.8 Å². The highest BCUT2D eigenvalue weighted by molar-refractivity contribution is 6.99. The van der Waals surface area contributed by atoms with Crippen molar-refractivity contribution in [3.05, 3.63) is 57.5 Å². The molecule has 1 aliphatic rings.